The van der Waals surface area contributed by atoms with Crippen molar-refractivity contribution in [1.29, 1.82) is 0 Å². The van der Waals surface area contributed by atoms with Gasteiger partial charge in [-0.3, -0.25) is 9.69 Å². The first-order chi connectivity index (χ1) is 14.2. The molecular weight excluding hydrogens is 382 g/mol. The number of carbonyl (C=O) groups is 1. The van der Waals surface area contributed by atoms with Crippen LogP contribution in [0.15, 0.2) is 4.52 Å². The molecule has 1 fully saturated rings. The summed E-state index contributed by atoms with van der Waals surface area (Å²) in [6.45, 7) is 7.90. The number of methoxy groups -OCH3 is 1. The molecule has 1 N–H and O–H groups in total. The Balaban J connectivity index is 2.11. The summed E-state index contributed by atoms with van der Waals surface area (Å²) in [6.07, 6.45) is 9.57. The van der Waals surface area contributed by atoms with E-state index in [9.17, 15) is 9.90 Å². The van der Waals surface area contributed by atoms with Crippen LogP contribution in [0.1, 0.15) is 89.8 Å². The van der Waals surface area contributed by atoms with Gasteiger partial charge in [0, 0.05) is 13.7 Å². The Morgan fingerprint density at radius 3 is 2.60 bits per heavy atom. The van der Waals surface area contributed by atoms with E-state index < -0.39 is 17.3 Å². The minimum atomic E-state index is -0.790. The van der Waals surface area contributed by atoms with E-state index in [4.69, 9.17) is 9.26 Å². The minimum absolute atomic E-state index is 0.267. The van der Waals surface area contributed by atoms with Gasteiger partial charge < -0.3 is 14.4 Å². The lowest BCUT2D eigenvalue weighted by atomic mass is 9.71. The van der Waals surface area contributed by atoms with Crippen LogP contribution in [0.25, 0.3) is 0 Å². The Hall–Kier alpha value is -1.47. The van der Waals surface area contributed by atoms with Crippen molar-refractivity contribution in [3.8, 4) is 0 Å². The average Bonchev–Trinajstić information content (AvgIpc) is 3.13. The quantitative estimate of drug-likeness (QED) is 0.520. The number of hydrogen-bond acceptors (Lipinski definition) is 6. The van der Waals surface area contributed by atoms with Gasteiger partial charge in [0.15, 0.2) is 5.82 Å². The Kier molecular flexibility index (Phi) is 9.75. The topological polar surface area (TPSA) is 88.7 Å². The molecule has 0 radical (unpaired) electrons. The molecule has 0 spiro atoms. The SMILES string of the molecule is COCCN(C)Cc1noc([C@H](CCCC2CCCCC2)C(C(=O)O)C(C)(C)C)n1. The minimum Gasteiger partial charge on any atom is -0.481 e. The molecule has 0 aliphatic heterocycles. The largest absolute Gasteiger partial charge is 0.481 e. The first kappa shape index (κ1) is 24.8. The van der Waals surface area contributed by atoms with Gasteiger partial charge in [0.1, 0.15) is 0 Å². The van der Waals surface area contributed by atoms with E-state index in [2.05, 4.69) is 15.0 Å². The molecule has 1 aliphatic rings. The first-order valence-electron chi connectivity index (χ1n) is 11.4. The van der Waals surface area contributed by atoms with Crippen molar-refractivity contribution in [1.82, 2.24) is 15.0 Å². The lowest BCUT2D eigenvalue weighted by Gasteiger charge is -2.32. The van der Waals surface area contributed by atoms with Crippen molar-refractivity contribution in [3.63, 3.8) is 0 Å². The van der Waals surface area contributed by atoms with E-state index in [1.54, 1.807) is 7.11 Å². The second kappa shape index (κ2) is 11.8. The molecule has 0 aromatic carbocycles. The standard InChI is InChI=1S/C23H41N3O4/c1-23(2,3)20(22(27)28)18(13-9-12-17-10-7-6-8-11-17)21-24-19(25-30-21)16-26(4)14-15-29-5/h17-18,20H,6-16H2,1-5H3,(H,27,28)/t18-,20?/m1/s1. The highest BCUT2D eigenvalue weighted by Crippen LogP contribution is 2.41. The molecule has 7 heteroatoms. The Morgan fingerprint density at radius 1 is 1.30 bits per heavy atom. The summed E-state index contributed by atoms with van der Waals surface area (Å²) in [4.78, 5) is 18.9. The molecular formula is C23H41N3O4. The summed E-state index contributed by atoms with van der Waals surface area (Å²) in [5.74, 6) is 0.224. The number of likely N-dealkylation sites (N-methyl/N-ethyl adjacent to an activating group) is 1. The summed E-state index contributed by atoms with van der Waals surface area (Å²) in [7, 11) is 3.66. The van der Waals surface area contributed by atoms with E-state index in [0.717, 1.165) is 31.7 Å². The Morgan fingerprint density at radius 2 is 2.00 bits per heavy atom. The molecule has 172 valence electrons. The van der Waals surface area contributed by atoms with Crippen LogP contribution in [0.5, 0.6) is 0 Å². The molecule has 0 amide bonds. The number of nitrogens with zero attached hydrogens (tertiary/aromatic N) is 3. The summed E-state index contributed by atoms with van der Waals surface area (Å²) >= 11 is 0. The Labute approximate surface area is 181 Å². The number of carboxylic acids is 1. The molecule has 2 rings (SSSR count). The average molecular weight is 424 g/mol. The number of rotatable bonds is 12. The number of hydrogen-bond donors (Lipinski definition) is 1. The fraction of sp³-hybridized carbons (Fsp3) is 0.870. The van der Waals surface area contributed by atoms with Gasteiger partial charge in [-0.15, -0.1) is 0 Å². The molecule has 1 aromatic rings. The van der Waals surface area contributed by atoms with Gasteiger partial charge in [-0.05, 0) is 24.8 Å². The highest BCUT2D eigenvalue weighted by molar-refractivity contribution is 5.72. The van der Waals surface area contributed by atoms with Gasteiger partial charge in [0.25, 0.3) is 0 Å². The van der Waals surface area contributed by atoms with Crippen molar-refractivity contribution in [3.05, 3.63) is 11.7 Å². The Bertz CT molecular complexity index is 635. The first-order valence-corrected chi connectivity index (χ1v) is 11.4. The maximum absolute atomic E-state index is 12.2. The number of carboxylic acid groups (broad SMARTS) is 1. The van der Waals surface area contributed by atoms with Gasteiger partial charge in [0.05, 0.1) is 25.0 Å². The molecule has 0 saturated heterocycles. The van der Waals surface area contributed by atoms with E-state index in [1.165, 1.54) is 32.1 Å². The number of aromatic nitrogens is 2. The molecule has 7 nitrogen and oxygen atoms in total. The zero-order valence-corrected chi connectivity index (χ0v) is 19.5. The number of ether oxygens (including phenoxy) is 1. The third kappa shape index (κ3) is 7.65. The van der Waals surface area contributed by atoms with Crippen molar-refractivity contribution >= 4 is 5.97 Å². The zero-order valence-electron chi connectivity index (χ0n) is 19.5. The van der Waals surface area contributed by atoms with Crippen LogP contribution >= 0.6 is 0 Å². The summed E-state index contributed by atoms with van der Waals surface area (Å²) in [6, 6.07) is 0. The molecule has 0 bridgehead atoms. The fourth-order valence-corrected chi connectivity index (χ4v) is 4.73. The summed E-state index contributed by atoms with van der Waals surface area (Å²) in [5.41, 5.74) is -0.398. The highest BCUT2D eigenvalue weighted by atomic mass is 16.5. The van der Waals surface area contributed by atoms with Gasteiger partial charge >= 0.3 is 5.97 Å². The molecule has 30 heavy (non-hydrogen) atoms. The smallest absolute Gasteiger partial charge is 0.307 e. The van der Waals surface area contributed by atoms with Gasteiger partial charge in [-0.25, -0.2) is 0 Å². The van der Waals surface area contributed by atoms with Crippen LogP contribution in [0.2, 0.25) is 0 Å². The highest BCUT2D eigenvalue weighted by Gasteiger charge is 2.41. The van der Waals surface area contributed by atoms with Crippen LogP contribution in [0.4, 0.5) is 0 Å². The maximum atomic E-state index is 12.2. The molecule has 1 aromatic heterocycles. The monoisotopic (exact) mass is 423 g/mol. The second-order valence-corrected chi connectivity index (χ2v) is 10.0. The van der Waals surface area contributed by atoms with Gasteiger partial charge in [-0.1, -0.05) is 70.9 Å². The fourth-order valence-electron chi connectivity index (χ4n) is 4.73. The van der Waals surface area contributed by atoms with Crippen LogP contribution < -0.4 is 0 Å². The normalized spacial score (nSPS) is 17.9. The van der Waals surface area contributed by atoms with Crippen LogP contribution in [-0.4, -0.2) is 53.4 Å². The summed E-state index contributed by atoms with van der Waals surface area (Å²) in [5, 5.41) is 14.2. The molecule has 2 atom stereocenters. The zero-order chi connectivity index (χ0) is 22.1. The van der Waals surface area contributed by atoms with E-state index >= 15 is 0 Å². The number of aliphatic carboxylic acids is 1. The van der Waals surface area contributed by atoms with Crippen LogP contribution in [-0.2, 0) is 16.1 Å². The van der Waals surface area contributed by atoms with Crippen molar-refractivity contribution < 1.29 is 19.2 Å². The van der Waals surface area contributed by atoms with E-state index in [-0.39, 0.29) is 5.92 Å². The van der Waals surface area contributed by atoms with Crippen molar-refractivity contribution in [2.45, 2.75) is 84.6 Å². The third-order valence-electron chi connectivity index (χ3n) is 6.34. The van der Waals surface area contributed by atoms with E-state index in [0.29, 0.717) is 24.9 Å². The van der Waals surface area contributed by atoms with Gasteiger partial charge in [0.2, 0.25) is 5.89 Å². The van der Waals surface area contributed by atoms with E-state index in [1.807, 2.05) is 27.8 Å². The molecule has 1 aliphatic carbocycles. The molecule has 1 unspecified atom stereocenters. The van der Waals surface area contributed by atoms with Gasteiger partial charge in [-0.2, -0.15) is 4.98 Å². The maximum Gasteiger partial charge on any atom is 0.307 e. The van der Waals surface area contributed by atoms with Crippen LogP contribution in [0, 0.1) is 17.3 Å². The second-order valence-electron chi connectivity index (χ2n) is 10.0. The predicted molar refractivity (Wildman–Crippen MR) is 116 cm³/mol. The molecule has 1 saturated carbocycles. The third-order valence-corrected chi connectivity index (χ3v) is 6.34. The lowest BCUT2D eigenvalue weighted by Crippen LogP contribution is -2.34. The van der Waals surface area contributed by atoms with Crippen molar-refractivity contribution in [2.75, 3.05) is 27.3 Å². The molecule has 1 heterocycles. The van der Waals surface area contributed by atoms with Crippen molar-refractivity contribution in [2.24, 2.45) is 17.3 Å². The summed E-state index contributed by atoms with van der Waals surface area (Å²) < 4.78 is 10.7. The lowest BCUT2D eigenvalue weighted by molar-refractivity contribution is -0.147. The van der Waals surface area contributed by atoms with Crippen LogP contribution in [0.3, 0.4) is 0 Å². The predicted octanol–water partition coefficient (Wildman–Crippen LogP) is 4.73.